The van der Waals surface area contributed by atoms with Crippen molar-refractivity contribution in [2.45, 2.75) is 51.0 Å². The number of aryl methyl sites for hydroxylation is 2. The van der Waals surface area contributed by atoms with Crippen LogP contribution in [0.25, 0.3) is 0 Å². The average molecular weight is 546 g/mol. The zero-order valence-electron chi connectivity index (χ0n) is 22.9. The van der Waals surface area contributed by atoms with E-state index in [9.17, 15) is 14.7 Å². The van der Waals surface area contributed by atoms with E-state index < -0.39 is 12.0 Å². The molecule has 3 aromatic rings. The number of aromatic nitrogens is 2. The van der Waals surface area contributed by atoms with Crippen LogP contribution in [0.5, 0.6) is 5.75 Å². The van der Waals surface area contributed by atoms with Crippen molar-refractivity contribution in [1.29, 1.82) is 0 Å². The number of amides is 1. The van der Waals surface area contributed by atoms with Crippen molar-refractivity contribution >= 4 is 17.7 Å². The van der Waals surface area contributed by atoms with Crippen LogP contribution in [0.3, 0.4) is 0 Å². The number of carbonyl (C=O) groups is 2. The van der Waals surface area contributed by atoms with Gasteiger partial charge in [-0.3, -0.25) is 14.7 Å². The predicted molar refractivity (Wildman–Crippen MR) is 154 cm³/mol. The molecule has 0 saturated heterocycles. The molecule has 1 amide bonds. The summed E-state index contributed by atoms with van der Waals surface area (Å²) < 4.78 is 5.90. The number of carboxylic acids is 1. The summed E-state index contributed by atoms with van der Waals surface area (Å²) in [6.45, 7) is 3.47. The van der Waals surface area contributed by atoms with Crippen LogP contribution in [-0.4, -0.2) is 70.7 Å². The second-order valence-corrected chi connectivity index (χ2v) is 10.1. The van der Waals surface area contributed by atoms with Gasteiger partial charge in [-0.15, -0.1) is 0 Å². The van der Waals surface area contributed by atoms with Crippen LogP contribution < -0.4 is 15.4 Å². The third-order valence-electron chi connectivity index (χ3n) is 7.01. The van der Waals surface area contributed by atoms with Crippen LogP contribution in [0.2, 0.25) is 0 Å². The van der Waals surface area contributed by atoms with Crippen molar-refractivity contribution in [3.63, 3.8) is 0 Å². The Morgan fingerprint density at radius 2 is 1.85 bits per heavy atom. The number of unbranched alkanes of at least 4 members (excludes halogenated alkanes) is 1. The molecule has 3 heterocycles. The van der Waals surface area contributed by atoms with Gasteiger partial charge in [0.2, 0.25) is 5.91 Å². The number of ether oxygens (including phenoxy) is 1. The highest BCUT2D eigenvalue weighted by Crippen LogP contribution is 2.20. The SMILES string of the molecule is O=C(Cc1ccncc1)N[C@@H](CCN(CCCCc1ccc2c(n1)NCCC2)CCOc1ccccc1)C(=O)O. The number of rotatable bonds is 16. The fourth-order valence-corrected chi connectivity index (χ4v) is 4.79. The number of nitrogens with zero attached hydrogens (tertiary/aromatic N) is 3. The van der Waals surface area contributed by atoms with Gasteiger partial charge in [0.15, 0.2) is 0 Å². The maximum Gasteiger partial charge on any atom is 0.326 e. The molecule has 4 rings (SSSR count). The van der Waals surface area contributed by atoms with E-state index in [1.807, 2.05) is 30.3 Å². The van der Waals surface area contributed by atoms with E-state index >= 15 is 0 Å². The molecule has 0 aliphatic carbocycles. The highest BCUT2D eigenvalue weighted by molar-refractivity contribution is 5.84. The summed E-state index contributed by atoms with van der Waals surface area (Å²) in [7, 11) is 0. The number of carboxylic acid groups (broad SMARTS) is 1. The Morgan fingerprint density at radius 3 is 2.65 bits per heavy atom. The summed E-state index contributed by atoms with van der Waals surface area (Å²) in [6.07, 6.45) is 8.71. The number of hydrogen-bond acceptors (Lipinski definition) is 7. The first kappa shape index (κ1) is 29.0. The monoisotopic (exact) mass is 545 g/mol. The van der Waals surface area contributed by atoms with Crippen molar-refractivity contribution in [1.82, 2.24) is 20.2 Å². The van der Waals surface area contributed by atoms with Crippen LogP contribution >= 0.6 is 0 Å². The highest BCUT2D eigenvalue weighted by Gasteiger charge is 2.21. The fourth-order valence-electron chi connectivity index (χ4n) is 4.79. The summed E-state index contributed by atoms with van der Waals surface area (Å²) in [5.41, 5.74) is 3.18. The van der Waals surface area contributed by atoms with E-state index in [2.05, 4.69) is 32.7 Å². The minimum atomic E-state index is -1.03. The van der Waals surface area contributed by atoms with Crippen molar-refractivity contribution < 1.29 is 19.4 Å². The van der Waals surface area contributed by atoms with Crippen LogP contribution in [0.1, 0.15) is 42.5 Å². The largest absolute Gasteiger partial charge is 0.492 e. The molecule has 9 nitrogen and oxygen atoms in total. The number of benzene rings is 1. The number of hydrogen-bond donors (Lipinski definition) is 3. The van der Waals surface area contributed by atoms with Crippen LogP contribution in [0.15, 0.2) is 67.0 Å². The van der Waals surface area contributed by atoms with Crippen LogP contribution in [0.4, 0.5) is 5.82 Å². The van der Waals surface area contributed by atoms with Gasteiger partial charge in [-0.2, -0.15) is 0 Å². The maximum absolute atomic E-state index is 12.5. The molecule has 1 aliphatic heterocycles. The second-order valence-electron chi connectivity index (χ2n) is 10.1. The molecule has 0 saturated carbocycles. The normalized spacial score (nSPS) is 13.2. The second kappa shape index (κ2) is 15.6. The predicted octanol–water partition coefficient (Wildman–Crippen LogP) is 3.74. The van der Waals surface area contributed by atoms with Crippen LogP contribution in [-0.2, 0) is 28.9 Å². The Kier molecular flexibility index (Phi) is 11.3. The summed E-state index contributed by atoms with van der Waals surface area (Å²) >= 11 is 0. The molecule has 0 unspecified atom stereocenters. The average Bonchev–Trinajstić information content (AvgIpc) is 2.97. The third-order valence-corrected chi connectivity index (χ3v) is 7.01. The Hall–Kier alpha value is -3.98. The van der Waals surface area contributed by atoms with Crippen molar-refractivity contribution in [3.8, 4) is 5.75 Å². The molecule has 0 fully saturated rings. The number of pyridine rings is 2. The van der Waals surface area contributed by atoms with E-state index in [0.29, 0.717) is 26.1 Å². The number of aliphatic carboxylic acids is 1. The minimum Gasteiger partial charge on any atom is -0.492 e. The van der Waals surface area contributed by atoms with Gasteiger partial charge in [0.1, 0.15) is 24.2 Å². The topological polar surface area (TPSA) is 117 Å². The summed E-state index contributed by atoms with van der Waals surface area (Å²) in [5, 5.41) is 15.9. The Balaban J connectivity index is 1.27. The van der Waals surface area contributed by atoms with Crippen LogP contribution in [0, 0.1) is 0 Å². The van der Waals surface area contributed by atoms with Gasteiger partial charge in [0.05, 0.1) is 6.42 Å². The maximum atomic E-state index is 12.5. The molecule has 1 atom stereocenters. The highest BCUT2D eigenvalue weighted by atomic mass is 16.5. The molecule has 1 aliphatic rings. The summed E-state index contributed by atoms with van der Waals surface area (Å²) in [5.74, 6) is 0.482. The molecule has 0 spiro atoms. The van der Waals surface area contributed by atoms with Gasteiger partial charge in [-0.05, 0) is 86.5 Å². The first-order chi connectivity index (χ1) is 19.6. The standard InChI is InChI=1S/C31H39N5O4/c37-29(23-24-13-17-32-18-14-24)35-28(31(38)39)15-20-36(21-22-40-27-9-2-1-3-10-27)19-5-4-8-26-12-11-25-7-6-16-33-30(25)34-26/h1-3,9-14,17-18,28H,4-8,15-16,19-23H2,(H,33,34)(H,35,37)(H,38,39)/t28-/m0/s1. The van der Waals surface area contributed by atoms with Gasteiger partial charge >= 0.3 is 5.97 Å². The lowest BCUT2D eigenvalue weighted by Gasteiger charge is -2.24. The Bertz CT molecular complexity index is 1210. The van der Waals surface area contributed by atoms with Gasteiger partial charge in [-0.1, -0.05) is 24.3 Å². The van der Waals surface area contributed by atoms with E-state index in [1.54, 1.807) is 24.5 Å². The first-order valence-corrected chi connectivity index (χ1v) is 14.1. The third kappa shape index (κ3) is 9.64. The number of anilines is 1. The zero-order valence-corrected chi connectivity index (χ0v) is 22.9. The number of fused-ring (bicyclic) bond motifs is 1. The molecule has 1 aromatic carbocycles. The number of para-hydroxylation sites is 1. The molecule has 212 valence electrons. The van der Waals surface area contributed by atoms with Gasteiger partial charge in [-0.25, -0.2) is 9.78 Å². The van der Waals surface area contributed by atoms with Gasteiger partial charge < -0.3 is 20.5 Å². The lowest BCUT2D eigenvalue weighted by molar-refractivity contribution is -0.142. The first-order valence-electron chi connectivity index (χ1n) is 14.1. The minimum absolute atomic E-state index is 0.118. The van der Waals surface area contributed by atoms with E-state index in [1.165, 1.54) is 5.56 Å². The smallest absolute Gasteiger partial charge is 0.326 e. The summed E-state index contributed by atoms with van der Waals surface area (Å²) in [4.78, 5) is 35.4. The molecule has 9 heteroatoms. The Labute approximate surface area is 236 Å². The molecular formula is C31H39N5O4. The number of carbonyl (C=O) groups excluding carboxylic acids is 1. The van der Waals surface area contributed by atoms with Crippen molar-refractivity contribution in [2.24, 2.45) is 0 Å². The molecular weight excluding hydrogens is 506 g/mol. The van der Waals surface area contributed by atoms with Gasteiger partial charge in [0, 0.05) is 37.7 Å². The lowest BCUT2D eigenvalue weighted by atomic mass is 10.1. The fraction of sp³-hybridized carbons (Fsp3) is 0.419. The zero-order chi connectivity index (χ0) is 28.0. The van der Waals surface area contributed by atoms with E-state index in [4.69, 9.17) is 9.72 Å². The Morgan fingerprint density at radius 1 is 1.02 bits per heavy atom. The molecule has 3 N–H and O–H groups in total. The molecule has 2 aromatic heterocycles. The van der Waals surface area contributed by atoms with Crippen molar-refractivity contribution in [3.05, 3.63) is 83.8 Å². The molecule has 0 radical (unpaired) electrons. The quantitative estimate of drug-likeness (QED) is 0.233. The number of nitrogens with one attached hydrogen (secondary N) is 2. The summed E-state index contributed by atoms with van der Waals surface area (Å²) in [6, 6.07) is 16.5. The van der Waals surface area contributed by atoms with Gasteiger partial charge in [0.25, 0.3) is 0 Å². The molecule has 40 heavy (non-hydrogen) atoms. The lowest BCUT2D eigenvalue weighted by Crippen LogP contribution is -2.44. The molecule has 0 bridgehead atoms. The van der Waals surface area contributed by atoms with E-state index in [0.717, 1.165) is 68.0 Å². The van der Waals surface area contributed by atoms with Crippen molar-refractivity contribution in [2.75, 3.05) is 38.1 Å². The van der Waals surface area contributed by atoms with E-state index in [-0.39, 0.29) is 12.3 Å².